The number of halogens is 3. The van der Waals surface area contributed by atoms with Gasteiger partial charge in [0, 0.05) is 15.6 Å². The molecule has 0 N–H and O–H groups in total. The molecule has 2 aromatic rings. The molecule has 0 aliphatic carbocycles. The van der Waals surface area contributed by atoms with E-state index in [1.165, 1.54) is 30.3 Å². The minimum atomic E-state index is -2.48. The number of ether oxygens (including phenoxy) is 1. The van der Waals surface area contributed by atoms with E-state index >= 15 is 0 Å². The van der Waals surface area contributed by atoms with Gasteiger partial charge in [-0.2, -0.15) is 0 Å². The Morgan fingerprint density at radius 1 is 1.09 bits per heavy atom. The third-order valence-electron chi connectivity index (χ3n) is 3.54. The number of rotatable bonds is 2. The molecule has 0 amide bonds. The van der Waals surface area contributed by atoms with E-state index in [9.17, 15) is 14.9 Å². The first-order valence-corrected chi connectivity index (χ1v) is 7.57. The van der Waals surface area contributed by atoms with Crippen LogP contribution in [-0.4, -0.2) is 15.7 Å². The highest BCUT2D eigenvalue weighted by Gasteiger charge is 2.62. The maximum atomic E-state index is 12.6. The van der Waals surface area contributed by atoms with E-state index in [0.29, 0.717) is 10.6 Å². The van der Waals surface area contributed by atoms with Gasteiger partial charge in [0.1, 0.15) is 5.75 Å². The van der Waals surface area contributed by atoms with Gasteiger partial charge in [0.05, 0.1) is 10.5 Å². The predicted octanol–water partition coefficient (Wildman–Crippen LogP) is 4.52. The molecular weight excluding hydrogens is 365 g/mol. The van der Waals surface area contributed by atoms with Gasteiger partial charge in [0.15, 0.2) is 0 Å². The Morgan fingerprint density at radius 3 is 2.30 bits per heavy atom. The Morgan fingerprint density at radius 2 is 1.70 bits per heavy atom. The summed E-state index contributed by atoms with van der Waals surface area (Å²) in [6.45, 7) is 0. The molecule has 0 fully saturated rings. The molecule has 5 nitrogen and oxygen atoms in total. The topological polar surface area (TPSA) is 69.4 Å². The molecule has 8 heteroatoms. The summed E-state index contributed by atoms with van der Waals surface area (Å²) in [4.78, 5) is 20.9. The van der Waals surface area contributed by atoms with Gasteiger partial charge in [-0.1, -0.05) is 35.3 Å². The van der Waals surface area contributed by atoms with Crippen LogP contribution in [-0.2, 0) is 0 Å². The Balaban J connectivity index is 2.18. The number of nitro groups is 1. The Bertz CT molecular complexity index is 809. The monoisotopic (exact) mass is 371 g/mol. The van der Waals surface area contributed by atoms with Crippen LogP contribution in [0.5, 0.6) is 5.75 Å². The smallest absolute Gasteiger partial charge is 0.397 e. The molecule has 0 bridgehead atoms. The number of fused-ring (bicyclic) bond motifs is 1. The normalized spacial score (nSPS) is 23.1. The number of carbonyl (C=O) groups excluding carboxylic acids is 1. The maximum Gasteiger partial charge on any atom is 0.397 e. The summed E-state index contributed by atoms with van der Waals surface area (Å²) in [5.41, 5.74) is 0.351. The minimum Gasteiger partial charge on any atom is -0.475 e. The lowest BCUT2D eigenvalue weighted by Crippen LogP contribution is -2.51. The second-order valence-corrected chi connectivity index (χ2v) is 6.40. The summed E-state index contributed by atoms with van der Waals surface area (Å²) in [6.07, 6.45) is -1.29. The van der Waals surface area contributed by atoms with E-state index in [2.05, 4.69) is 0 Å². The van der Waals surface area contributed by atoms with Gasteiger partial charge in [0.25, 0.3) is 5.78 Å². The molecule has 118 valence electrons. The first-order valence-electron chi connectivity index (χ1n) is 6.44. The third kappa shape index (κ3) is 2.55. The second kappa shape index (κ2) is 5.67. The predicted molar refractivity (Wildman–Crippen MR) is 86.2 cm³/mol. The molecule has 1 heterocycles. The van der Waals surface area contributed by atoms with E-state index in [1.807, 2.05) is 0 Å². The van der Waals surface area contributed by atoms with Gasteiger partial charge in [-0.15, -0.1) is 0 Å². The highest BCUT2D eigenvalue weighted by molar-refractivity contribution is 6.38. The van der Waals surface area contributed by atoms with Gasteiger partial charge < -0.3 is 4.74 Å². The molecule has 0 aromatic heterocycles. The zero-order valence-electron chi connectivity index (χ0n) is 11.3. The van der Waals surface area contributed by atoms with Crippen molar-refractivity contribution < 1.29 is 14.5 Å². The van der Waals surface area contributed by atoms with Crippen molar-refractivity contribution in [2.75, 3.05) is 0 Å². The molecule has 1 aliphatic rings. The van der Waals surface area contributed by atoms with E-state index in [-0.39, 0.29) is 16.3 Å². The first kappa shape index (κ1) is 16.1. The molecule has 0 spiro atoms. The molecule has 23 heavy (non-hydrogen) atoms. The Labute approximate surface area is 145 Å². The van der Waals surface area contributed by atoms with Crippen LogP contribution in [0.25, 0.3) is 0 Å². The average Bonchev–Trinajstić information content (AvgIpc) is 2.52. The van der Waals surface area contributed by atoms with Crippen molar-refractivity contribution in [2.45, 2.75) is 11.1 Å². The fraction of sp³-hybridized carbons (Fsp3) is 0.133. The van der Waals surface area contributed by atoms with Gasteiger partial charge in [-0.05, 0) is 41.9 Å². The lowest BCUT2D eigenvalue weighted by atomic mass is 9.91. The molecule has 0 radical (unpaired) electrons. The van der Waals surface area contributed by atoms with Gasteiger partial charge in [0.2, 0.25) is 6.10 Å². The van der Waals surface area contributed by atoms with Crippen molar-refractivity contribution in [1.29, 1.82) is 0 Å². The Kier molecular flexibility index (Phi) is 3.96. The summed E-state index contributed by atoms with van der Waals surface area (Å²) >= 11 is 17.8. The van der Waals surface area contributed by atoms with Crippen molar-refractivity contribution in [3.05, 3.63) is 73.8 Å². The van der Waals surface area contributed by atoms with Crippen molar-refractivity contribution in [3.8, 4) is 5.75 Å². The van der Waals surface area contributed by atoms with Crippen LogP contribution >= 0.6 is 34.8 Å². The molecule has 2 aromatic carbocycles. The number of alkyl halides is 1. The number of carbonyl (C=O) groups is 1. The van der Waals surface area contributed by atoms with Crippen LogP contribution in [0.2, 0.25) is 10.0 Å². The number of hydrogen-bond donors (Lipinski definition) is 0. The Hall–Kier alpha value is -1.82. The highest BCUT2D eigenvalue weighted by Crippen LogP contribution is 2.46. The zero-order chi connectivity index (χ0) is 16.8. The van der Waals surface area contributed by atoms with Crippen molar-refractivity contribution >= 4 is 40.6 Å². The van der Waals surface area contributed by atoms with Crippen LogP contribution < -0.4 is 4.74 Å². The van der Waals surface area contributed by atoms with Crippen LogP contribution in [0, 0.1) is 10.1 Å². The van der Waals surface area contributed by atoms with Crippen molar-refractivity contribution in [3.63, 3.8) is 0 Å². The second-order valence-electron chi connectivity index (χ2n) is 4.95. The number of ketones is 1. The first-order chi connectivity index (χ1) is 10.8. The molecule has 2 atom stereocenters. The lowest BCUT2D eigenvalue weighted by molar-refractivity contribution is -0.536. The van der Waals surface area contributed by atoms with Crippen molar-refractivity contribution in [2.24, 2.45) is 0 Å². The van der Waals surface area contributed by atoms with E-state index in [1.54, 1.807) is 12.1 Å². The van der Waals surface area contributed by atoms with E-state index in [0.717, 1.165) is 0 Å². The van der Waals surface area contributed by atoms with Crippen molar-refractivity contribution in [1.82, 2.24) is 0 Å². The maximum absolute atomic E-state index is 12.6. The number of Topliss-reactive ketones (excluding diaryl/α,β-unsaturated/α-hetero) is 1. The van der Waals surface area contributed by atoms with Crippen LogP contribution in [0.3, 0.4) is 0 Å². The number of nitrogens with zero attached hydrogens (tertiary/aromatic N) is 1. The third-order valence-corrected chi connectivity index (χ3v) is 4.53. The molecular formula is C15H8Cl3NO4. The lowest BCUT2D eigenvalue weighted by Gasteiger charge is -2.32. The average molecular weight is 373 g/mol. The van der Waals surface area contributed by atoms with Crippen LogP contribution in [0.4, 0.5) is 0 Å². The number of benzene rings is 2. The fourth-order valence-corrected chi connectivity index (χ4v) is 2.97. The minimum absolute atomic E-state index is 0.0191. The quantitative estimate of drug-likeness (QED) is 0.336. The van der Waals surface area contributed by atoms with Gasteiger partial charge in [-0.25, -0.2) is 0 Å². The fourth-order valence-electron chi connectivity index (χ4n) is 2.40. The summed E-state index contributed by atoms with van der Waals surface area (Å²) in [5.74, 6) is -0.676. The van der Waals surface area contributed by atoms with E-state index < -0.39 is 21.8 Å². The standard InChI is InChI=1S/C15H8Cl3NO4/c16-9-3-1-8(2-4-9)14-15(18,19(21)22)13(20)11-7-10(17)5-6-12(11)23-14/h1-7,14H/t14-,15+/m1/s1. The largest absolute Gasteiger partial charge is 0.475 e. The summed E-state index contributed by atoms with van der Waals surface area (Å²) in [6, 6.07) is 10.5. The molecule has 0 saturated heterocycles. The SMILES string of the molecule is O=C1c2cc(Cl)ccc2O[C@H](c2ccc(Cl)cc2)[C@@]1(Cl)[N+](=O)[O-]. The molecule has 0 unspecified atom stereocenters. The van der Waals surface area contributed by atoms with Crippen LogP contribution in [0.1, 0.15) is 22.0 Å². The molecule has 3 rings (SSSR count). The summed E-state index contributed by atoms with van der Waals surface area (Å²) < 4.78 is 5.66. The molecule has 1 aliphatic heterocycles. The zero-order valence-corrected chi connectivity index (χ0v) is 13.6. The summed E-state index contributed by atoms with van der Waals surface area (Å²) in [5, 5.41) is 12.3. The van der Waals surface area contributed by atoms with Crippen LogP contribution in [0.15, 0.2) is 42.5 Å². The number of hydrogen-bond acceptors (Lipinski definition) is 4. The van der Waals surface area contributed by atoms with Gasteiger partial charge in [-0.3, -0.25) is 14.9 Å². The van der Waals surface area contributed by atoms with Gasteiger partial charge >= 0.3 is 5.00 Å². The summed E-state index contributed by atoms with van der Waals surface area (Å²) in [7, 11) is 0. The van der Waals surface area contributed by atoms with E-state index in [4.69, 9.17) is 39.5 Å². The highest BCUT2D eigenvalue weighted by atomic mass is 35.5. The molecule has 0 saturated carbocycles.